The van der Waals surface area contributed by atoms with E-state index in [4.69, 9.17) is 4.98 Å². The fourth-order valence-electron chi connectivity index (χ4n) is 4.92. The quantitative estimate of drug-likeness (QED) is 0.219. The third-order valence-electron chi connectivity index (χ3n) is 5.96. The van der Waals surface area contributed by atoms with E-state index in [1.807, 2.05) is 6.20 Å². The van der Waals surface area contributed by atoms with Gasteiger partial charge >= 0.3 is 0 Å². The summed E-state index contributed by atoms with van der Waals surface area (Å²) in [5.41, 5.74) is 1.11. The number of rotatable bonds is 0. The normalized spacial score (nSPS) is 12.6. The minimum atomic E-state index is 1.11. The third-order valence-corrected chi connectivity index (χ3v) is 5.96. The zero-order valence-corrected chi connectivity index (χ0v) is 14.0. The van der Waals surface area contributed by atoms with Gasteiger partial charge in [-0.2, -0.15) is 0 Å². The molecule has 1 nitrogen and oxygen atoms in total. The van der Waals surface area contributed by atoms with Gasteiger partial charge in [0, 0.05) is 22.4 Å². The first-order valence-electron chi connectivity index (χ1n) is 8.99. The van der Waals surface area contributed by atoms with Crippen LogP contribution in [0, 0.1) is 0 Å². The van der Waals surface area contributed by atoms with Gasteiger partial charge in [-0.1, -0.05) is 60.7 Å². The van der Waals surface area contributed by atoms with Crippen molar-refractivity contribution in [1.29, 1.82) is 0 Å². The van der Waals surface area contributed by atoms with Crippen LogP contribution in [0.25, 0.3) is 64.8 Å². The predicted octanol–water partition coefficient (Wildman–Crippen LogP) is 6.88. The highest BCUT2D eigenvalue weighted by molar-refractivity contribution is 6.39. The van der Waals surface area contributed by atoms with Crippen LogP contribution in [0.3, 0.4) is 0 Å². The summed E-state index contributed by atoms with van der Waals surface area (Å²) >= 11 is 0. The van der Waals surface area contributed by atoms with Gasteiger partial charge in [0.25, 0.3) is 0 Å². The minimum absolute atomic E-state index is 1.11. The number of hydrogen-bond donors (Lipinski definition) is 0. The molecule has 0 spiro atoms. The van der Waals surface area contributed by atoms with Crippen LogP contribution in [0.4, 0.5) is 0 Å². The van der Waals surface area contributed by atoms with Crippen molar-refractivity contribution in [1.82, 2.24) is 4.98 Å². The number of nitrogens with zero attached hydrogens (tertiary/aromatic N) is 1. The number of benzene rings is 6. The van der Waals surface area contributed by atoms with Gasteiger partial charge in [0.05, 0.1) is 5.52 Å². The van der Waals surface area contributed by atoms with Crippen LogP contribution < -0.4 is 0 Å². The molecule has 1 heteroatoms. The summed E-state index contributed by atoms with van der Waals surface area (Å²) in [7, 11) is 0. The summed E-state index contributed by atoms with van der Waals surface area (Å²) in [6.07, 6.45) is 1.93. The Morgan fingerprint density at radius 3 is 2.12 bits per heavy atom. The van der Waals surface area contributed by atoms with E-state index in [0.29, 0.717) is 0 Å². The average Bonchev–Trinajstić information content (AvgIpc) is 2.70. The summed E-state index contributed by atoms with van der Waals surface area (Å²) in [4.78, 5) is 4.79. The predicted molar refractivity (Wildman–Crippen MR) is 112 cm³/mol. The Bertz CT molecular complexity index is 1610. The highest BCUT2D eigenvalue weighted by atomic mass is 14.7. The molecular formula is C25H13N. The van der Waals surface area contributed by atoms with Gasteiger partial charge in [-0.3, -0.25) is 4.98 Å². The molecule has 0 fully saturated rings. The summed E-state index contributed by atoms with van der Waals surface area (Å²) in [6, 6.07) is 26.7. The zero-order chi connectivity index (χ0) is 16.8. The Morgan fingerprint density at radius 2 is 1.19 bits per heavy atom. The third kappa shape index (κ3) is 1.34. The van der Waals surface area contributed by atoms with Crippen molar-refractivity contribution < 1.29 is 0 Å². The molecule has 0 amide bonds. The second-order valence-corrected chi connectivity index (χ2v) is 7.22. The molecule has 26 heavy (non-hydrogen) atoms. The summed E-state index contributed by atoms with van der Waals surface area (Å²) < 4.78 is 0. The Kier molecular flexibility index (Phi) is 2.08. The molecule has 1 heterocycles. The lowest BCUT2D eigenvalue weighted by atomic mass is 9.86. The lowest BCUT2D eigenvalue weighted by Gasteiger charge is -2.17. The van der Waals surface area contributed by atoms with Gasteiger partial charge in [0.1, 0.15) is 0 Å². The molecule has 118 valence electrons. The van der Waals surface area contributed by atoms with Gasteiger partial charge in [0.15, 0.2) is 0 Å². The Hall–Kier alpha value is -3.45. The van der Waals surface area contributed by atoms with E-state index in [1.165, 1.54) is 59.2 Å². The molecule has 6 aromatic carbocycles. The average molecular weight is 327 g/mol. The number of fused-ring (bicyclic) bond motifs is 2. The summed E-state index contributed by atoms with van der Waals surface area (Å²) in [5, 5.41) is 14.5. The molecule has 0 bridgehead atoms. The van der Waals surface area contributed by atoms with Crippen molar-refractivity contribution in [3.8, 4) is 0 Å². The van der Waals surface area contributed by atoms with Crippen molar-refractivity contribution in [2.75, 3.05) is 0 Å². The topological polar surface area (TPSA) is 12.9 Å². The van der Waals surface area contributed by atoms with Crippen molar-refractivity contribution in [2.45, 2.75) is 0 Å². The van der Waals surface area contributed by atoms with Crippen molar-refractivity contribution in [3.63, 3.8) is 0 Å². The highest BCUT2D eigenvalue weighted by Gasteiger charge is 2.17. The molecule has 0 N–H and O–H groups in total. The van der Waals surface area contributed by atoms with Crippen LogP contribution in [0.2, 0.25) is 0 Å². The standard InChI is InChI=1S/C25H13N/c1-3-14-7-8-16-9-10-19-24-20(13-17(5-1)21(14)23(16)24)18-6-2-4-15-11-12-26-25(19)22(15)18/h1-13H. The van der Waals surface area contributed by atoms with E-state index >= 15 is 0 Å². The SMILES string of the molecule is c1cc2ccc3ccc4c5nccc6cccc(c7cc(c1)c2c3c74)c65. The molecule has 0 saturated carbocycles. The van der Waals surface area contributed by atoms with E-state index in [9.17, 15) is 0 Å². The molecule has 0 aliphatic carbocycles. The molecule has 0 aliphatic heterocycles. The summed E-state index contributed by atoms with van der Waals surface area (Å²) in [5.74, 6) is 0. The van der Waals surface area contributed by atoms with E-state index in [2.05, 4.69) is 72.8 Å². The second-order valence-electron chi connectivity index (χ2n) is 7.22. The first kappa shape index (κ1) is 12.8. The first-order valence-corrected chi connectivity index (χ1v) is 8.99. The van der Waals surface area contributed by atoms with E-state index in [0.717, 1.165) is 5.52 Å². The fraction of sp³-hybridized carbons (Fsp3) is 0. The smallest absolute Gasteiger partial charge is 0.0793 e. The van der Waals surface area contributed by atoms with Gasteiger partial charge in [0.2, 0.25) is 0 Å². The number of hydrogen-bond acceptors (Lipinski definition) is 1. The molecule has 0 unspecified atom stereocenters. The van der Waals surface area contributed by atoms with Gasteiger partial charge < -0.3 is 0 Å². The number of pyridine rings is 1. The fourth-order valence-corrected chi connectivity index (χ4v) is 4.92. The lowest BCUT2D eigenvalue weighted by Crippen LogP contribution is -1.91. The minimum Gasteiger partial charge on any atom is -0.256 e. The van der Waals surface area contributed by atoms with Crippen LogP contribution >= 0.6 is 0 Å². The van der Waals surface area contributed by atoms with E-state index < -0.39 is 0 Å². The zero-order valence-electron chi connectivity index (χ0n) is 14.0. The van der Waals surface area contributed by atoms with E-state index in [-0.39, 0.29) is 0 Å². The lowest BCUT2D eigenvalue weighted by molar-refractivity contribution is 1.44. The Balaban J connectivity index is 1.99. The van der Waals surface area contributed by atoms with Crippen LogP contribution in [-0.4, -0.2) is 4.98 Å². The van der Waals surface area contributed by atoms with Crippen LogP contribution in [0.1, 0.15) is 0 Å². The van der Waals surface area contributed by atoms with E-state index in [1.54, 1.807) is 0 Å². The molecule has 0 atom stereocenters. The Morgan fingerprint density at radius 1 is 0.462 bits per heavy atom. The van der Waals surface area contributed by atoms with Crippen LogP contribution in [-0.2, 0) is 0 Å². The molecule has 7 rings (SSSR count). The monoisotopic (exact) mass is 327 g/mol. The largest absolute Gasteiger partial charge is 0.256 e. The molecular weight excluding hydrogens is 314 g/mol. The van der Waals surface area contributed by atoms with Gasteiger partial charge in [-0.25, -0.2) is 0 Å². The van der Waals surface area contributed by atoms with Gasteiger partial charge in [-0.05, 0) is 55.2 Å². The van der Waals surface area contributed by atoms with Crippen molar-refractivity contribution in [3.05, 3.63) is 79.0 Å². The maximum atomic E-state index is 4.79. The molecule has 1 aromatic heterocycles. The second kappa shape index (κ2) is 4.20. The first-order chi connectivity index (χ1) is 12.9. The van der Waals surface area contributed by atoms with Crippen LogP contribution in [0.5, 0.6) is 0 Å². The maximum Gasteiger partial charge on any atom is 0.0793 e. The molecule has 7 aromatic rings. The molecule has 0 radical (unpaired) electrons. The maximum absolute atomic E-state index is 4.79. The highest BCUT2D eigenvalue weighted by Crippen LogP contribution is 2.44. The Labute approximate surface area is 149 Å². The van der Waals surface area contributed by atoms with Gasteiger partial charge in [-0.15, -0.1) is 0 Å². The van der Waals surface area contributed by atoms with Crippen LogP contribution in [0.15, 0.2) is 79.0 Å². The number of aromatic nitrogens is 1. The van der Waals surface area contributed by atoms with Crippen molar-refractivity contribution >= 4 is 64.8 Å². The summed E-state index contributed by atoms with van der Waals surface area (Å²) in [6.45, 7) is 0. The molecule has 0 saturated heterocycles. The van der Waals surface area contributed by atoms with Crippen molar-refractivity contribution in [2.24, 2.45) is 0 Å². The molecule has 0 aliphatic rings.